The van der Waals surface area contributed by atoms with Crippen molar-refractivity contribution < 1.29 is 9.47 Å². The van der Waals surface area contributed by atoms with Gasteiger partial charge in [-0.15, -0.1) is 0 Å². The maximum Gasteiger partial charge on any atom is 0.161 e. The van der Waals surface area contributed by atoms with Crippen LogP contribution in [-0.2, 0) is 19.7 Å². The molecule has 3 aromatic rings. The SMILES string of the molecule is COc1cc(CNCc2ccccc2Cl)ccc1OCc1cccc(Cl)c1. The maximum absolute atomic E-state index is 6.18. The molecule has 0 radical (unpaired) electrons. The van der Waals surface area contributed by atoms with Gasteiger partial charge in [0, 0.05) is 23.1 Å². The van der Waals surface area contributed by atoms with Crippen molar-refractivity contribution in [3.63, 3.8) is 0 Å². The molecule has 3 aromatic carbocycles. The summed E-state index contributed by atoms with van der Waals surface area (Å²) in [5.41, 5.74) is 3.19. The van der Waals surface area contributed by atoms with Crippen LogP contribution < -0.4 is 14.8 Å². The molecule has 27 heavy (non-hydrogen) atoms. The zero-order valence-electron chi connectivity index (χ0n) is 15.0. The highest BCUT2D eigenvalue weighted by Crippen LogP contribution is 2.29. The standard InChI is InChI=1S/C22H21Cl2NO2/c1-26-22-12-16(13-25-14-18-6-2-3-8-20(18)24)9-10-21(22)27-15-17-5-4-7-19(23)11-17/h2-12,25H,13-15H2,1H3. The summed E-state index contributed by atoms with van der Waals surface area (Å²) in [6.07, 6.45) is 0. The number of benzene rings is 3. The van der Waals surface area contributed by atoms with Crippen LogP contribution in [0.25, 0.3) is 0 Å². The summed E-state index contributed by atoms with van der Waals surface area (Å²) in [4.78, 5) is 0. The Balaban J connectivity index is 1.59. The van der Waals surface area contributed by atoms with E-state index in [-0.39, 0.29) is 0 Å². The van der Waals surface area contributed by atoms with Crippen LogP contribution in [0.4, 0.5) is 0 Å². The highest BCUT2D eigenvalue weighted by Gasteiger charge is 2.07. The number of hydrogen-bond acceptors (Lipinski definition) is 3. The second kappa shape index (κ2) is 9.65. The first-order valence-corrected chi connectivity index (χ1v) is 9.39. The van der Waals surface area contributed by atoms with Crippen molar-refractivity contribution in [3.8, 4) is 11.5 Å². The molecule has 0 saturated heterocycles. The highest BCUT2D eigenvalue weighted by molar-refractivity contribution is 6.31. The third-order valence-electron chi connectivity index (χ3n) is 4.11. The number of rotatable bonds is 8. The van der Waals surface area contributed by atoms with Gasteiger partial charge in [-0.2, -0.15) is 0 Å². The smallest absolute Gasteiger partial charge is 0.161 e. The Morgan fingerprint density at radius 3 is 2.44 bits per heavy atom. The van der Waals surface area contributed by atoms with E-state index in [2.05, 4.69) is 5.32 Å². The van der Waals surface area contributed by atoms with Crippen LogP contribution in [0.2, 0.25) is 10.0 Å². The predicted octanol–water partition coefficient (Wildman–Crippen LogP) is 5.87. The number of ether oxygens (including phenoxy) is 2. The lowest BCUT2D eigenvalue weighted by atomic mass is 10.2. The van der Waals surface area contributed by atoms with Gasteiger partial charge in [0.05, 0.1) is 7.11 Å². The molecule has 0 fully saturated rings. The Labute approximate surface area is 169 Å². The van der Waals surface area contributed by atoms with Gasteiger partial charge in [-0.25, -0.2) is 0 Å². The van der Waals surface area contributed by atoms with Gasteiger partial charge in [0.15, 0.2) is 11.5 Å². The molecule has 140 valence electrons. The van der Waals surface area contributed by atoms with E-state index in [1.54, 1.807) is 7.11 Å². The first-order valence-electron chi connectivity index (χ1n) is 8.64. The molecule has 0 aliphatic carbocycles. The third-order valence-corrected chi connectivity index (χ3v) is 4.72. The average molecular weight is 402 g/mol. The van der Waals surface area contributed by atoms with Gasteiger partial charge in [-0.3, -0.25) is 0 Å². The van der Waals surface area contributed by atoms with Gasteiger partial charge in [-0.1, -0.05) is 59.6 Å². The molecular formula is C22H21Cl2NO2. The first kappa shape index (κ1) is 19.6. The van der Waals surface area contributed by atoms with Gasteiger partial charge in [-0.05, 0) is 47.0 Å². The molecule has 3 rings (SSSR count). The normalized spacial score (nSPS) is 10.6. The van der Waals surface area contributed by atoms with Crippen molar-refractivity contribution in [2.24, 2.45) is 0 Å². The molecule has 0 bridgehead atoms. The van der Waals surface area contributed by atoms with Crippen LogP contribution in [-0.4, -0.2) is 7.11 Å². The Kier molecular flexibility index (Phi) is 6.99. The molecule has 0 aromatic heterocycles. The molecule has 0 aliphatic rings. The van der Waals surface area contributed by atoms with Gasteiger partial charge >= 0.3 is 0 Å². The van der Waals surface area contributed by atoms with Crippen molar-refractivity contribution in [1.82, 2.24) is 5.32 Å². The summed E-state index contributed by atoms with van der Waals surface area (Å²) in [6, 6.07) is 21.4. The lowest BCUT2D eigenvalue weighted by molar-refractivity contribution is 0.284. The average Bonchev–Trinajstić information content (AvgIpc) is 2.68. The number of halogens is 2. The summed E-state index contributed by atoms with van der Waals surface area (Å²) < 4.78 is 11.4. The summed E-state index contributed by atoms with van der Waals surface area (Å²) in [6.45, 7) is 1.84. The second-order valence-corrected chi connectivity index (χ2v) is 6.94. The minimum atomic E-state index is 0.432. The molecule has 0 unspecified atom stereocenters. The monoisotopic (exact) mass is 401 g/mol. The molecule has 0 amide bonds. The lowest BCUT2D eigenvalue weighted by Gasteiger charge is -2.13. The van der Waals surface area contributed by atoms with Crippen molar-refractivity contribution >= 4 is 23.2 Å². The van der Waals surface area contributed by atoms with Gasteiger partial charge < -0.3 is 14.8 Å². The molecule has 3 nitrogen and oxygen atoms in total. The number of nitrogens with one attached hydrogen (secondary N) is 1. The quantitative estimate of drug-likeness (QED) is 0.511. The number of hydrogen-bond donors (Lipinski definition) is 1. The molecule has 0 spiro atoms. The molecule has 1 N–H and O–H groups in total. The fraction of sp³-hybridized carbons (Fsp3) is 0.182. The zero-order chi connectivity index (χ0) is 19.1. The fourth-order valence-corrected chi connectivity index (χ4v) is 3.13. The van der Waals surface area contributed by atoms with Crippen molar-refractivity contribution in [1.29, 1.82) is 0 Å². The van der Waals surface area contributed by atoms with Crippen LogP contribution in [0.15, 0.2) is 66.7 Å². The Morgan fingerprint density at radius 1 is 0.815 bits per heavy atom. The van der Waals surface area contributed by atoms with Crippen LogP contribution in [0.3, 0.4) is 0 Å². The topological polar surface area (TPSA) is 30.5 Å². The third kappa shape index (κ3) is 5.64. The van der Waals surface area contributed by atoms with E-state index < -0.39 is 0 Å². The molecule has 5 heteroatoms. The van der Waals surface area contributed by atoms with Crippen LogP contribution in [0, 0.1) is 0 Å². The highest BCUT2D eigenvalue weighted by atomic mass is 35.5. The minimum Gasteiger partial charge on any atom is -0.493 e. The van der Waals surface area contributed by atoms with E-state index in [1.807, 2.05) is 66.7 Å². The maximum atomic E-state index is 6.18. The van der Waals surface area contributed by atoms with Crippen LogP contribution in [0.1, 0.15) is 16.7 Å². The molecule has 0 saturated carbocycles. The van der Waals surface area contributed by atoms with E-state index in [0.717, 1.165) is 21.7 Å². The summed E-state index contributed by atoms with van der Waals surface area (Å²) >= 11 is 12.2. The van der Waals surface area contributed by atoms with E-state index >= 15 is 0 Å². The van der Waals surface area contributed by atoms with Crippen LogP contribution >= 0.6 is 23.2 Å². The second-order valence-electron chi connectivity index (χ2n) is 6.10. The zero-order valence-corrected chi connectivity index (χ0v) is 16.6. The van der Waals surface area contributed by atoms with Crippen LogP contribution in [0.5, 0.6) is 11.5 Å². The van der Waals surface area contributed by atoms with E-state index in [4.69, 9.17) is 32.7 Å². The minimum absolute atomic E-state index is 0.432. The summed E-state index contributed by atoms with van der Waals surface area (Å²) in [5, 5.41) is 4.87. The van der Waals surface area contributed by atoms with E-state index in [9.17, 15) is 0 Å². The lowest BCUT2D eigenvalue weighted by Crippen LogP contribution is -2.13. The molecule has 0 atom stereocenters. The Morgan fingerprint density at radius 2 is 1.67 bits per heavy atom. The van der Waals surface area contributed by atoms with Crippen molar-refractivity contribution in [3.05, 3.63) is 93.5 Å². The fourth-order valence-electron chi connectivity index (χ4n) is 2.71. The first-order chi connectivity index (χ1) is 13.2. The number of methoxy groups -OCH3 is 1. The Bertz CT molecular complexity index is 899. The summed E-state index contributed by atoms with van der Waals surface area (Å²) in [7, 11) is 1.64. The van der Waals surface area contributed by atoms with E-state index in [1.165, 1.54) is 0 Å². The molecule has 0 heterocycles. The Hall–Kier alpha value is -2.20. The van der Waals surface area contributed by atoms with Gasteiger partial charge in [0.2, 0.25) is 0 Å². The van der Waals surface area contributed by atoms with E-state index in [0.29, 0.717) is 36.2 Å². The largest absolute Gasteiger partial charge is 0.493 e. The van der Waals surface area contributed by atoms with Crippen molar-refractivity contribution in [2.75, 3.05) is 7.11 Å². The predicted molar refractivity (Wildman–Crippen MR) is 111 cm³/mol. The molecular weight excluding hydrogens is 381 g/mol. The molecule has 0 aliphatic heterocycles. The van der Waals surface area contributed by atoms with Gasteiger partial charge in [0.25, 0.3) is 0 Å². The summed E-state index contributed by atoms with van der Waals surface area (Å²) in [5.74, 6) is 1.40. The van der Waals surface area contributed by atoms with Crippen molar-refractivity contribution in [2.45, 2.75) is 19.7 Å². The van der Waals surface area contributed by atoms with Gasteiger partial charge in [0.1, 0.15) is 6.61 Å².